The molecule has 1 aromatic rings. The van der Waals surface area contributed by atoms with Crippen molar-refractivity contribution in [3.63, 3.8) is 0 Å². The van der Waals surface area contributed by atoms with Gasteiger partial charge in [-0.15, -0.1) is 0 Å². The van der Waals surface area contributed by atoms with E-state index in [1.165, 1.54) is 6.33 Å². The van der Waals surface area contributed by atoms with Gasteiger partial charge in [0.15, 0.2) is 5.96 Å². The minimum absolute atomic E-state index is 0.762. The Kier molecular flexibility index (Phi) is 1.85. The Labute approximate surface area is 70.0 Å². The average Bonchev–Trinajstić information content (AvgIpc) is 2.59. The van der Waals surface area contributed by atoms with E-state index in [1.54, 1.807) is 12.3 Å². The first kappa shape index (κ1) is 7.02. The maximum atomic E-state index is 4.16. The molecule has 12 heavy (non-hydrogen) atoms. The fraction of sp³-hybridized carbons (Fsp3) is 0.286. The highest BCUT2D eigenvalue weighted by molar-refractivity contribution is 5.93. The minimum Gasteiger partial charge on any atom is -0.354 e. The van der Waals surface area contributed by atoms with Gasteiger partial charge in [0.05, 0.1) is 6.54 Å². The van der Waals surface area contributed by atoms with E-state index in [2.05, 4.69) is 25.6 Å². The number of rotatable bonds is 1. The van der Waals surface area contributed by atoms with E-state index in [1.807, 2.05) is 0 Å². The molecule has 0 aromatic carbocycles. The van der Waals surface area contributed by atoms with Crippen molar-refractivity contribution in [3.8, 4) is 0 Å². The number of nitrogens with zero attached hydrogens (tertiary/aromatic N) is 3. The van der Waals surface area contributed by atoms with Gasteiger partial charge in [-0.25, -0.2) is 9.97 Å². The normalized spacial score (nSPS) is 15.2. The Balaban J connectivity index is 2.04. The van der Waals surface area contributed by atoms with Crippen molar-refractivity contribution >= 4 is 11.8 Å². The fourth-order valence-electron chi connectivity index (χ4n) is 0.968. The van der Waals surface area contributed by atoms with Crippen LogP contribution in [0, 0.1) is 0 Å². The lowest BCUT2D eigenvalue weighted by Crippen LogP contribution is -2.26. The zero-order chi connectivity index (χ0) is 8.23. The van der Waals surface area contributed by atoms with E-state index in [4.69, 9.17) is 0 Å². The molecule has 0 saturated carbocycles. The lowest BCUT2D eigenvalue weighted by atomic mass is 10.6. The molecule has 5 nitrogen and oxygen atoms in total. The molecule has 2 rings (SSSR count). The molecule has 0 atom stereocenters. The van der Waals surface area contributed by atoms with Crippen LogP contribution in [0.15, 0.2) is 23.6 Å². The molecule has 1 aromatic heterocycles. The lowest BCUT2D eigenvalue weighted by Gasteiger charge is -2.03. The Morgan fingerprint density at radius 1 is 1.50 bits per heavy atom. The van der Waals surface area contributed by atoms with E-state index in [0.717, 1.165) is 24.9 Å². The zero-order valence-electron chi connectivity index (χ0n) is 6.49. The molecule has 1 aliphatic heterocycles. The highest BCUT2D eigenvalue weighted by atomic mass is 15.2. The predicted molar refractivity (Wildman–Crippen MR) is 46.0 cm³/mol. The summed E-state index contributed by atoms with van der Waals surface area (Å²) in [5.41, 5.74) is 0. The number of hydrogen-bond donors (Lipinski definition) is 2. The van der Waals surface area contributed by atoms with Crippen molar-refractivity contribution in [2.75, 3.05) is 18.4 Å². The van der Waals surface area contributed by atoms with E-state index in [-0.39, 0.29) is 0 Å². The van der Waals surface area contributed by atoms with Gasteiger partial charge in [0.2, 0.25) is 0 Å². The van der Waals surface area contributed by atoms with Crippen molar-refractivity contribution in [2.45, 2.75) is 0 Å². The first-order valence-corrected chi connectivity index (χ1v) is 3.76. The molecule has 0 saturated heterocycles. The van der Waals surface area contributed by atoms with Crippen LogP contribution in [0.5, 0.6) is 0 Å². The number of guanidine groups is 1. The summed E-state index contributed by atoms with van der Waals surface area (Å²) in [6.45, 7) is 1.72. The van der Waals surface area contributed by atoms with Crippen molar-refractivity contribution in [2.24, 2.45) is 4.99 Å². The van der Waals surface area contributed by atoms with Crippen LogP contribution in [0.4, 0.5) is 5.82 Å². The second-order valence-electron chi connectivity index (χ2n) is 2.38. The van der Waals surface area contributed by atoms with Crippen molar-refractivity contribution < 1.29 is 0 Å². The second-order valence-corrected chi connectivity index (χ2v) is 2.38. The first-order valence-electron chi connectivity index (χ1n) is 3.76. The number of nitrogens with one attached hydrogen (secondary N) is 2. The Hall–Kier alpha value is -1.65. The van der Waals surface area contributed by atoms with Crippen LogP contribution in [0.3, 0.4) is 0 Å². The molecule has 0 spiro atoms. The third-order valence-electron chi connectivity index (χ3n) is 1.50. The van der Waals surface area contributed by atoms with Gasteiger partial charge in [-0.2, -0.15) is 0 Å². The molecule has 0 fully saturated rings. The topological polar surface area (TPSA) is 62.2 Å². The quantitative estimate of drug-likeness (QED) is 0.604. The fourth-order valence-corrected chi connectivity index (χ4v) is 0.968. The highest BCUT2D eigenvalue weighted by Gasteiger charge is 2.03. The smallest absolute Gasteiger partial charge is 0.197 e. The van der Waals surface area contributed by atoms with Crippen LogP contribution in [0.2, 0.25) is 0 Å². The molecule has 62 valence electrons. The number of aliphatic imine (C=N–C) groups is 1. The molecule has 0 amide bonds. The van der Waals surface area contributed by atoms with Gasteiger partial charge in [-0.1, -0.05) is 0 Å². The monoisotopic (exact) mass is 163 g/mol. The molecule has 0 aliphatic carbocycles. The SMILES string of the molecule is c1cc(NC2=NCCN2)ncn1. The summed E-state index contributed by atoms with van der Waals surface area (Å²) in [5.74, 6) is 1.55. The molecule has 0 unspecified atom stereocenters. The van der Waals surface area contributed by atoms with E-state index < -0.39 is 0 Å². The third-order valence-corrected chi connectivity index (χ3v) is 1.50. The van der Waals surface area contributed by atoms with Crippen LogP contribution in [0.1, 0.15) is 0 Å². The van der Waals surface area contributed by atoms with Crippen LogP contribution in [-0.2, 0) is 0 Å². The molecule has 5 heteroatoms. The van der Waals surface area contributed by atoms with Gasteiger partial charge >= 0.3 is 0 Å². The summed E-state index contributed by atoms with van der Waals surface area (Å²) >= 11 is 0. The second kappa shape index (κ2) is 3.17. The van der Waals surface area contributed by atoms with Crippen LogP contribution < -0.4 is 10.6 Å². The predicted octanol–water partition coefficient (Wildman–Crippen LogP) is -0.152. The summed E-state index contributed by atoms with van der Waals surface area (Å²) in [7, 11) is 0. The average molecular weight is 163 g/mol. The maximum absolute atomic E-state index is 4.16. The zero-order valence-corrected chi connectivity index (χ0v) is 6.49. The van der Waals surface area contributed by atoms with E-state index >= 15 is 0 Å². The standard InChI is InChI=1S/C7H9N5/c1-2-8-5-11-6(1)12-7-9-3-4-10-7/h1-2,5H,3-4H2,(H2,8,9,10,11,12). The van der Waals surface area contributed by atoms with E-state index in [0.29, 0.717) is 0 Å². The Morgan fingerprint density at radius 3 is 3.17 bits per heavy atom. The van der Waals surface area contributed by atoms with Crippen LogP contribution in [-0.4, -0.2) is 29.0 Å². The summed E-state index contributed by atoms with van der Waals surface area (Å²) in [6.07, 6.45) is 3.18. The van der Waals surface area contributed by atoms with Gasteiger partial charge in [0.1, 0.15) is 12.1 Å². The molecular weight excluding hydrogens is 154 g/mol. The van der Waals surface area contributed by atoms with Gasteiger partial charge in [-0.05, 0) is 6.07 Å². The van der Waals surface area contributed by atoms with Gasteiger partial charge < -0.3 is 10.6 Å². The molecular formula is C7H9N5. The van der Waals surface area contributed by atoms with Crippen molar-refractivity contribution in [1.82, 2.24) is 15.3 Å². The lowest BCUT2D eigenvalue weighted by molar-refractivity contribution is 0.958. The Bertz CT molecular complexity index is 281. The van der Waals surface area contributed by atoms with Crippen LogP contribution in [0.25, 0.3) is 0 Å². The summed E-state index contributed by atoms with van der Waals surface area (Å²) in [5, 5.41) is 6.11. The number of hydrogen-bond acceptors (Lipinski definition) is 5. The molecule has 0 radical (unpaired) electrons. The number of anilines is 1. The van der Waals surface area contributed by atoms with E-state index in [9.17, 15) is 0 Å². The minimum atomic E-state index is 0.762. The van der Waals surface area contributed by atoms with Crippen molar-refractivity contribution in [3.05, 3.63) is 18.6 Å². The first-order chi connectivity index (χ1) is 5.95. The molecule has 0 bridgehead atoms. The Morgan fingerprint density at radius 2 is 2.50 bits per heavy atom. The largest absolute Gasteiger partial charge is 0.354 e. The summed E-state index contributed by atoms with van der Waals surface area (Å²) in [4.78, 5) is 12.0. The maximum Gasteiger partial charge on any atom is 0.197 e. The molecule has 2 heterocycles. The summed E-state index contributed by atoms with van der Waals surface area (Å²) in [6, 6.07) is 1.79. The van der Waals surface area contributed by atoms with Gasteiger partial charge in [0, 0.05) is 12.7 Å². The van der Waals surface area contributed by atoms with Crippen LogP contribution >= 0.6 is 0 Å². The highest BCUT2D eigenvalue weighted by Crippen LogP contribution is 1.98. The number of aromatic nitrogens is 2. The molecule has 2 N–H and O–H groups in total. The third kappa shape index (κ3) is 1.50. The van der Waals surface area contributed by atoms with Gasteiger partial charge in [0.25, 0.3) is 0 Å². The molecule has 1 aliphatic rings. The van der Waals surface area contributed by atoms with Gasteiger partial charge in [-0.3, -0.25) is 4.99 Å². The summed E-state index contributed by atoms with van der Waals surface area (Å²) < 4.78 is 0. The van der Waals surface area contributed by atoms with Crippen molar-refractivity contribution in [1.29, 1.82) is 0 Å².